The van der Waals surface area contributed by atoms with Gasteiger partial charge in [0.25, 0.3) is 0 Å². The Morgan fingerprint density at radius 3 is 2.92 bits per heavy atom. The Bertz CT molecular complexity index is 812. The standard InChI is InChI=1S/C17H18ClN3O2S/c18-14-5-2-1-4-13(14)12-21-10-11-24-17(21)19-15(22)7-9-20-8-3-6-16(20)23/h1-2,4-5,10-11H,3,6-9,12H2. The molecule has 7 heteroatoms. The quantitative estimate of drug-likeness (QED) is 0.820. The zero-order valence-corrected chi connectivity index (χ0v) is 14.7. The van der Waals surface area contributed by atoms with Crippen LogP contribution in [0.25, 0.3) is 0 Å². The van der Waals surface area contributed by atoms with Gasteiger partial charge in [0.05, 0.1) is 6.54 Å². The van der Waals surface area contributed by atoms with E-state index in [1.807, 2.05) is 40.4 Å². The highest BCUT2D eigenvalue weighted by Gasteiger charge is 2.20. The number of halogens is 1. The molecule has 1 aliphatic heterocycles. The molecule has 0 N–H and O–H groups in total. The largest absolute Gasteiger partial charge is 0.342 e. The number of amides is 2. The molecule has 1 saturated heterocycles. The smallest absolute Gasteiger partial charge is 0.250 e. The molecule has 1 fully saturated rings. The van der Waals surface area contributed by atoms with Gasteiger partial charge in [-0.1, -0.05) is 29.8 Å². The fourth-order valence-corrected chi connectivity index (χ4v) is 3.59. The molecule has 0 radical (unpaired) electrons. The van der Waals surface area contributed by atoms with E-state index in [0.29, 0.717) is 29.3 Å². The third kappa shape index (κ3) is 4.13. The lowest BCUT2D eigenvalue weighted by atomic mass is 10.2. The lowest BCUT2D eigenvalue weighted by Gasteiger charge is -2.13. The number of carbonyl (C=O) groups excluding carboxylic acids is 2. The maximum absolute atomic E-state index is 12.1. The second-order valence-electron chi connectivity index (χ2n) is 5.64. The lowest BCUT2D eigenvalue weighted by molar-refractivity contribution is -0.128. The summed E-state index contributed by atoms with van der Waals surface area (Å²) in [6.07, 6.45) is 3.63. The molecule has 5 nitrogen and oxygen atoms in total. The molecule has 0 bridgehead atoms. The van der Waals surface area contributed by atoms with Gasteiger partial charge in [-0.2, -0.15) is 4.99 Å². The van der Waals surface area contributed by atoms with Gasteiger partial charge in [0.2, 0.25) is 11.8 Å². The Kier molecular flexibility index (Phi) is 5.48. The van der Waals surface area contributed by atoms with Crippen LogP contribution in [0.5, 0.6) is 0 Å². The number of likely N-dealkylation sites (tertiary alicyclic amines) is 1. The van der Waals surface area contributed by atoms with E-state index in [0.717, 1.165) is 18.5 Å². The van der Waals surface area contributed by atoms with E-state index in [9.17, 15) is 9.59 Å². The van der Waals surface area contributed by atoms with Crippen LogP contribution in [0.1, 0.15) is 24.8 Å². The van der Waals surface area contributed by atoms with Crippen molar-refractivity contribution in [1.29, 1.82) is 0 Å². The third-order valence-corrected chi connectivity index (χ3v) is 5.11. The number of nitrogens with zero attached hydrogens (tertiary/aromatic N) is 3. The van der Waals surface area contributed by atoms with Gasteiger partial charge in [-0.25, -0.2) is 0 Å². The number of benzene rings is 1. The van der Waals surface area contributed by atoms with E-state index >= 15 is 0 Å². The summed E-state index contributed by atoms with van der Waals surface area (Å²) in [6, 6.07) is 7.62. The summed E-state index contributed by atoms with van der Waals surface area (Å²) in [5.41, 5.74) is 0.981. The minimum Gasteiger partial charge on any atom is -0.342 e. The molecule has 1 aromatic carbocycles. The lowest BCUT2D eigenvalue weighted by Crippen LogP contribution is -2.27. The summed E-state index contributed by atoms with van der Waals surface area (Å²) in [6.45, 7) is 1.77. The molecule has 3 rings (SSSR count). The van der Waals surface area contributed by atoms with Crippen molar-refractivity contribution in [2.45, 2.75) is 25.8 Å². The van der Waals surface area contributed by atoms with Crippen molar-refractivity contribution in [2.75, 3.05) is 13.1 Å². The molecule has 1 aliphatic rings. The monoisotopic (exact) mass is 363 g/mol. The first kappa shape index (κ1) is 16.9. The highest BCUT2D eigenvalue weighted by Crippen LogP contribution is 2.15. The van der Waals surface area contributed by atoms with Crippen LogP contribution in [0.15, 0.2) is 40.8 Å². The number of hydrogen-bond acceptors (Lipinski definition) is 3. The highest BCUT2D eigenvalue weighted by atomic mass is 35.5. The molecule has 126 valence electrons. The second kappa shape index (κ2) is 7.77. The summed E-state index contributed by atoms with van der Waals surface area (Å²) < 4.78 is 1.91. The van der Waals surface area contributed by atoms with Crippen molar-refractivity contribution in [1.82, 2.24) is 9.47 Å². The topological polar surface area (TPSA) is 54.7 Å². The molecular formula is C17H18ClN3O2S. The Morgan fingerprint density at radius 1 is 1.33 bits per heavy atom. The summed E-state index contributed by atoms with van der Waals surface area (Å²) >= 11 is 7.60. The molecule has 0 atom stereocenters. The van der Waals surface area contributed by atoms with Crippen LogP contribution in [-0.4, -0.2) is 34.4 Å². The predicted molar refractivity (Wildman–Crippen MR) is 93.9 cm³/mol. The fraction of sp³-hybridized carbons (Fsp3) is 0.353. The Morgan fingerprint density at radius 2 is 2.17 bits per heavy atom. The van der Waals surface area contributed by atoms with Gasteiger partial charge in [-0.15, -0.1) is 11.3 Å². The molecule has 0 saturated carbocycles. The van der Waals surface area contributed by atoms with Crippen molar-refractivity contribution in [3.8, 4) is 0 Å². The summed E-state index contributed by atoms with van der Waals surface area (Å²) in [5.74, 6) is -0.0715. The van der Waals surface area contributed by atoms with Gasteiger partial charge < -0.3 is 9.47 Å². The van der Waals surface area contributed by atoms with Crippen LogP contribution in [0.3, 0.4) is 0 Å². The van der Waals surface area contributed by atoms with Crippen LogP contribution in [-0.2, 0) is 16.1 Å². The van der Waals surface area contributed by atoms with E-state index < -0.39 is 0 Å². The van der Waals surface area contributed by atoms with Crippen LogP contribution in [0, 0.1) is 0 Å². The Balaban J connectivity index is 1.67. The van der Waals surface area contributed by atoms with E-state index in [2.05, 4.69) is 4.99 Å². The van der Waals surface area contributed by atoms with Crippen molar-refractivity contribution < 1.29 is 9.59 Å². The molecule has 0 spiro atoms. The average Bonchev–Trinajstić information content (AvgIpc) is 3.17. The van der Waals surface area contributed by atoms with Crippen molar-refractivity contribution >= 4 is 34.8 Å². The van der Waals surface area contributed by atoms with Gasteiger partial charge in [-0.05, 0) is 18.1 Å². The molecule has 2 aromatic rings. The molecule has 24 heavy (non-hydrogen) atoms. The van der Waals surface area contributed by atoms with Crippen LogP contribution in [0.2, 0.25) is 5.02 Å². The summed E-state index contributed by atoms with van der Waals surface area (Å²) in [7, 11) is 0. The van der Waals surface area contributed by atoms with E-state index in [4.69, 9.17) is 11.6 Å². The predicted octanol–water partition coefficient (Wildman–Crippen LogP) is 2.69. The van der Waals surface area contributed by atoms with Crippen LogP contribution in [0.4, 0.5) is 0 Å². The van der Waals surface area contributed by atoms with Crippen LogP contribution >= 0.6 is 22.9 Å². The molecule has 0 unspecified atom stereocenters. The van der Waals surface area contributed by atoms with Crippen LogP contribution < -0.4 is 4.80 Å². The zero-order chi connectivity index (χ0) is 16.9. The number of hydrogen-bond donors (Lipinski definition) is 0. The average molecular weight is 364 g/mol. The first-order valence-corrected chi connectivity index (χ1v) is 9.12. The minimum atomic E-state index is -0.204. The van der Waals surface area contributed by atoms with Crippen molar-refractivity contribution in [3.63, 3.8) is 0 Å². The summed E-state index contributed by atoms with van der Waals surface area (Å²) in [5, 5.41) is 2.59. The van der Waals surface area contributed by atoms with Gasteiger partial charge in [0.15, 0.2) is 4.80 Å². The second-order valence-corrected chi connectivity index (χ2v) is 6.92. The van der Waals surface area contributed by atoms with Crippen molar-refractivity contribution in [2.24, 2.45) is 4.99 Å². The number of aromatic nitrogens is 1. The number of thiazole rings is 1. The third-order valence-electron chi connectivity index (χ3n) is 3.95. The number of rotatable bonds is 5. The molecule has 2 heterocycles. The van der Waals surface area contributed by atoms with Gasteiger partial charge in [-0.3, -0.25) is 9.59 Å². The molecule has 2 amide bonds. The van der Waals surface area contributed by atoms with Crippen molar-refractivity contribution in [3.05, 3.63) is 51.2 Å². The van der Waals surface area contributed by atoms with Gasteiger partial charge in [0.1, 0.15) is 0 Å². The van der Waals surface area contributed by atoms with E-state index in [1.54, 1.807) is 4.90 Å². The maximum Gasteiger partial charge on any atom is 0.250 e. The normalized spacial score (nSPS) is 15.3. The maximum atomic E-state index is 12.1. The van der Waals surface area contributed by atoms with Gasteiger partial charge in [0, 0.05) is 42.5 Å². The Hall–Kier alpha value is -1.92. The first-order valence-electron chi connectivity index (χ1n) is 7.86. The number of carbonyl (C=O) groups is 2. The van der Waals surface area contributed by atoms with E-state index in [1.165, 1.54) is 11.3 Å². The van der Waals surface area contributed by atoms with Gasteiger partial charge >= 0.3 is 0 Å². The Labute approximate surface area is 149 Å². The molecular weight excluding hydrogens is 346 g/mol. The zero-order valence-electron chi connectivity index (χ0n) is 13.2. The first-order chi connectivity index (χ1) is 11.6. The molecule has 0 aliphatic carbocycles. The minimum absolute atomic E-state index is 0.132. The molecule has 1 aromatic heterocycles. The summed E-state index contributed by atoms with van der Waals surface area (Å²) in [4.78, 5) is 30.2. The highest BCUT2D eigenvalue weighted by molar-refractivity contribution is 7.07. The fourth-order valence-electron chi connectivity index (χ4n) is 2.65. The van der Waals surface area contributed by atoms with E-state index in [-0.39, 0.29) is 18.2 Å². The SMILES string of the molecule is O=C(CCN1CCCC1=O)N=c1sccn1Cc1ccccc1Cl.